The zero-order valence-electron chi connectivity index (χ0n) is 16.5. The van der Waals surface area contributed by atoms with E-state index in [1.165, 1.54) is 17.5 Å². The van der Waals surface area contributed by atoms with Gasteiger partial charge in [0.2, 0.25) is 5.28 Å². The lowest BCUT2D eigenvalue weighted by atomic mass is 10.0. The van der Waals surface area contributed by atoms with Crippen LogP contribution in [0.1, 0.15) is 56.8 Å². The second-order valence-corrected chi connectivity index (χ2v) is 9.93. The number of rotatable bonds is 3. The van der Waals surface area contributed by atoms with E-state index in [4.69, 9.17) is 27.9 Å². The third-order valence-corrected chi connectivity index (χ3v) is 6.34. The summed E-state index contributed by atoms with van der Waals surface area (Å²) >= 11 is 13.5. The minimum Gasteiger partial charge on any atom is -0.458 e. The minimum atomic E-state index is -0.721. The van der Waals surface area contributed by atoms with Gasteiger partial charge in [-0.25, -0.2) is 14.8 Å². The summed E-state index contributed by atoms with van der Waals surface area (Å²) in [6, 6.07) is 1.03. The van der Waals surface area contributed by atoms with E-state index < -0.39 is 23.2 Å². The average molecular weight is 442 g/mol. The Morgan fingerprint density at radius 1 is 1.32 bits per heavy atom. The van der Waals surface area contributed by atoms with E-state index in [9.17, 15) is 9.59 Å². The van der Waals surface area contributed by atoms with E-state index in [2.05, 4.69) is 9.97 Å². The normalized spacial score (nSPS) is 16.9. The van der Waals surface area contributed by atoms with Gasteiger partial charge in [0.05, 0.1) is 27.2 Å². The molecule has 1 aliphatic rings. The molecule has 0 aromatic carbocycles. The van der Waals surface area contributed by atoms with Gasteiger partial charge in [0, 0.05) is 4.88 Å². The van der Waals surface area contributed by atoms with Crippen molar-refractivity contribution in [2.75, 3.05) is 0 Å². The molecule has 0 fully saturated rings. The first-order chi connectivity index (χ1) is 12.8. The fraction of sp³-hybridized carbons (Fsp3) is 0.474. The molecule has 2 aromatic rings. The van der Waals surface area contributed by atoms with Gasteiger partial charge in [0.25, 0.3) is 5.91 Å². The number of nitrogens with zero attached hydrogens (tertiary/aromatic N) is 3. The number of halogens is 2. The van der Waals surface area contributed by atoms with Gasteiger partial charge in [-0.05, 0) is 59.2 Å². The molecule has 3 heterocycles. The summed E-state index contributed by atoms with van der Waals surface area (Å²) in [5, 5.41) is 0.437. The molecule has 1 aliphatic heterocycles. The molecule has 1 amide bonds. The maximum Gasteiger partial charge on any atom is 0.329 e. The van der Waals surface area contributed by atoms with E-state index in [1.807, 2.05) is 13.8 Å². The lowest BCUT2D eigenvalue weighted by Gasteiger charge is -2.37. The van der Waals surface area contributed by atoms with Crippen LogP contribution in [-0.4, -0.2) is 38.4 Å². The van der Waals surface area contributed by atoms with Crippen molar-refractivity contribution in [1.82, 2.24) is 14.9 Å². The highest BCUT2D eigenvalue weighted by Gasteiger charge is 2.49. The minimum absolute atomic E-state index is 0.0821. The third-order valence-electron chi connectivity index (χ3n) is 4.42. The SMILES string of the molecule is CC(C(=O)OC(C)(C)C)N1C(=O)c2cc(-c3nc(Cl)ncc3Cl)sc2C1(C)C. The zero-order chi connectivity index (χ0) is 21.0. The predicted octanol–water partition coefficient (Wildman–Crippen LogP) is 4.93. The number of carbonyl (C=O) groups excluding carboxylic acids is 2. The molecule has 0 spiro atoms. The molecule has 0 radical (unpaired) electrons. The van der Waals surface area contributed by atoms with Crippen LogP contribution < -0.4 is 0 Å². The molecule has 0 bridgehead atoms. The van der Waals surface area contributed by atoms with E-state index in [-0.39, 0.29) is 11.2 Å². The fourth-order valence-electron chi connectivity index (χ4n) is 3.28. The maximum absolute atomic E-state index is 13.2. The fourth-order valence-corrected chi connectivity index (χ4v) is 4.92. The van der Waals surface area contributed by atoms with Crippen molar-refractivity contribution in [2.45, 2.75) is 58.7 Å². The zero-order valence-corrected chi connectivity index (χ0v) is 18.8. The first-order valence-corrected chi connectivity index (χ1v) is 10.3. The number of fused-ring (bicyclic) bond motifs is 1. The molecule has 0 saturated carbocycles. The van der Waals surface area contributed by atoms with Gasteiger partial charge >= 0.3 is 5.97 Å². The molecule has 0 saturated heterocycles. The topological polar surface area (TPSA) is 72.4 Å². The number of aromatic nitrogens is 2. The van der Waals surface area contributed by atoms with Gasteiger partial charge in [-0.3, -0.25) is 4.79 Å². The third kappa shape index (κ3) is 3.63. The molecule has 150 valence electrons. The van der Waals surface area contributed by atoms with Crippen molar-refractivity contribution in [2.24, 2.45) is 0 Å². The average Bonchev–Trinajstić information content (AvgIpc) is 3.07. The second-order valence-electron chi connectivity index (χ2n) is 8.13. The van der Waals surface area contributed by atoms with Gasteiger partial charge in [0.15, 0.2) is 0 Å². The highest BCUT2D eigenvalue weighted by molar-refractivity contribution is 7.16. The van der Waals surface area contributed by atoms with Crippen LogP contribution in [0.3, 0.4) is 0 Å². The standard InChI is InChI=1S/C19H21Cl2N3O3S/c1-9(16(26)27-18(2,3)4)24-15(25)10-7-12(28-14(10)19(24,5)6)13-11(20)8-22-17(21)23-13/h7-9H,1-6H3. The van der Waals surface area contributed by atoms with Crippen LogP contribution >= 0.6 is 34.5 Å². The van der Waals surface area contributed by atoms with Crippen LogP contribution in [-0.2, 0) is 15.1 Å². The van der Waals surface area contributed by atoms with Gasteiger partial charge in [-0.1, -0.05) is 11.6 Å². The Labute approximate surface area is 177 Å². The maximum atomic E-state index is 13.2. The summed E-state index contributed by atoms with van der Waals surface area (Å²) in [5.41, 5.74) is -0.295. The van der Waals surface area contributed by atoms with Gasteiger partial charge in [-0.2, -0.15) is 0 Å². The van der Waals surface area contributed by atoms with E-state index in [0.717, 1.165) is 9.75 Å². The quantitative estimate of drug-likeness (QED) is 0.498. The molecule has 0 aliphatic carbocycles. The summed E-state index contributed by atoms with van der Waals surface area (Å²) < 4.78 is 5.47. The number of amides is 1. The number of thiophene rings is 1. The van der Waals surface area contributed by atoms with Crippen LogP contribution in [0, 0.1) is 0 Å². The lowest BCUT2D eigenvalue weighted by Crippen LogP contribution is -2.50. The first-order valence-electron chi connectivity index (χ1n) is 8.72. The molecular formula is C19H21Cl2N3O3S. The van der Waals surface area contributed by atoms with E-state index >= 15 is 0 Å². The second kappa shape index (κ2) is 6.97. The Hall–Kier alpha value is -1.70. The summed E-state index contributed by atoms with van der Waals surface area (Å²) in [5.74, 6) is -0.660. The highest BCUT2D eigenvalue weighted by atomic mass is 35.5. The van der Waals surface area contributed by atoms with Crippen LogP contribution in [0.25, 0.3) is 10.6 Å². The number of hydrogen-bond donors (Lipinski definition) is 0. The number of hydrogen-bond acceptors (Lipinski definition) is 6. The Morgan fingerprint density at radius 2 is 1.96 bits per heavy atom. The van der Waals surface area contributed by atoms with Gasteiger partial charge in [-0.15, -0.1) is 11.3 Å². The molecule has 1 atom stereocenters. The van der Waals surface area contributed by atoms with E-state index in [0.29, 0.717) is 16.3 Å². The molecule has 0 N–H and O–H groups in total. The lowest BCUT2D eigenvalue weighted by molar-refractivity contribution is -0.161. The number of ether oxygens (including phenoxy) is 1. The Morgan fingerprint density at radius 3 is 2.54 bits per heavy atom. The van der Waals surface area contributed by atoms with Crippen LogP contribution in [0.4, 0.5) is 0 Å². The van der Waals surface area contributed by atoms with Crippen LogP contribution in [0.15, 0.2) is 12.3 Å². The summed E-state index contributed by atoms with van der Waals surface area (Å²) in [6.45, 7) is 10.9. The van der Waals surface area contributed by atoms with Gasteiger partial charge in [0.1, 0.15) is 17.3 Å². The summed E-state index contributed by atoms with van der Waals surface area (Å²) in [6.07, 6.45) is 1.43. The van der Waals surface area contributed by atoms with Crippen LogP contribution in [0.5, 0.6) is 0 Å². The van der Waals surface area contributed by atoms with Crippen molar-refractivity contribution >= 4 is 46.4 Å². The molecule has 6 nitrogen and oxygen atoms in total. The molecule has 1 unspecified atom stereocenters. The van der Waals surface area contributed by atoms with Crippen molar-refractivity contribution in [3.8, 4) is 10.6 Å². The Bertz CT molecular complexity index is 966. The molecule has 2 aromatic heterocycles. The van der Waals surface area contributed by atoms with Gasteiger partial charge < -0.3 is 9.64 Å². The predicted molar refractivity (Wildman–Crippen MR) is 110 cm³/mol. The van der Waals surface area contributed by atoms with Crippen molar-refractivity contribution in [1.29, 1.82) is 0 Å². The Kier molecular flexibility index (Phi) is 5.23. The van der Waals surface area contributed by atoms with Crippen molar-refractivity contribution < 1.29 is 14.3 Å². The highest BCUT2D eigenvalue weighted by Crippen LogP contribution is 2.47. The molecule has 28 heavy (non-hydrogen) atoms. The monoisotopic (exact) mass is 441 g/mol. The number of esters is 1. The van der Waals surface area contributed by atoms with E-state index in [1.54, 1.807) is 38.7 Å². The van der Waals surface area contributed by atoms with Crippen molar-refractivity contribution in [3.05, 3.63) is 33.0 Å². The Balaban J connectivity index is 1.97. The molecule has 3 rings (SSSR count). The first kappa shape index (κ1) is 21.0. The molecule has 9 heteroatoms. The summed E-state index contributed by atoms with van der Waals surface area (Å²) in [4.78, 5) is 36.9. The largest absolute Gasteiger partial charge is 0.458 e. The summed E-state index contributed by atoms with van der Waals surface area (Å²) in [7, 11) is 0. The van der Waals surface area contributed by atoms with Crippen molar-refractivity contribution in [3.63, 3.8) is 0 Å². The smallest absolute Gasteiger partial charge is 0.329 e. The van der Waals surface area contributed by atoms with Crippen LogP contribution in [0.2, 0.25) is 10.3 Å². The molecular weight excluding hydrogens is 421 g/mol. The number of carbonyl (C=O) groups is 2.